The SMILES string of the molecule is O=C(C1=C(O)C(=O)N(CC[NH+]2CCOCC2)[C@@H]1c1ccc(F)cc1)c1cccs1. The number of amides is 1. The summed E-state index contributed by atoms with van der Waals surface area (Å²) in [5.41, 5.74) is 0.654. The number of nitrogens with one attached hydrogen (secondary N) is 1. The maximum absolute atomic E-state index is 13.5. The average Bonchev–Trinajstić information content (AvgIpc) is 3.36. The maximum Gasteiger partial charge on any atom is 0.290 e. The van der Waals surface area contributed by atoms with Crippen LogP contribution in [0.3, 0.4) is 0 Å². The Kier molecular flexibility index (Phi) is 5.75. The summed E-state index contributed by atoms with van der Waals surface area (Å²) < 4.78 is 18.8. The van der Waals surface area contributed by atoms with Gasteiger partial charge in [0.05, 0.1) is 42.8 Å². The molecule has 29 heavy (non-hydrogen) atoms. The second-order valence-electron chi connectivity index (χ2n) is 7.13. The fraction of sp³-hybridized carbons (Fsp3) is 0.333. The molecule has 1 amide bonds. The predicted molar refractivity (Wildman–Crippen MR) is 106 cm³/mol. The first kappa shape index (κ1) is 19.8. The number of hydrogen-bond donors (Lipinski definition) is 2. The predicted octanol–water partition coefficient (Wildman–Crippen LogP) is 1.38. The number of rotatable bonds is 6. The number of ether oxygens (including phenoxy) is 1. The number of morpholine rings is 1. The molecule has 3 heterocycles. The van der Waals surface area contributed by atoms with Crippen molar-refractivity contribution in [1.29, 1.82) is 0 Å². The maximum atomic E-state index is 13.5. The number of halogens is 1. The number of Topliss-reactive ketones (excluding diaryl/α,β-unsaturated/α-hetero) is 1. The van der Waals surface area contributed by atoms with Gasteiger partial charge in [0.1, 0.15) is 18.9 Å². The third-order valence-electron chi connectivity index (χ3n) is 5.39. The highest BCUT2D eigenvalue weighted by Gasteiger charge is 2.44. The van der Waals surface area contributed by atoms with Gasteiger partial charge in [0, 0.05) is 0 Å². The van der Waals surface area contributed by atoms with Crippen LogP contribution in [-0.4, -0.2) is 61.1 Å². The molecule has 1 aromatic carbocycles. The topological polar surface area (TPSA) is 71.3 Å². The number of benzene rings is 1. The van der Waals surface area contributed by atoms with E-state index < -0.39 is 23.5 Å². The Labute approximate surface area is 171 Å². The molecule has 4 rings (SSSR count). The van der Waals surface area contributed by atoms with Crippen LogP contribution in [0.1, 0.15) is 21.3 Å². The molecule has 1 fully saturated rings. The molecular formula is C21H22FN2O4S+. The minimum absolute atomic E-state index is 0.0565. The number of carbonyl (C=O) groups is 2. The summed E-state index contributed by atoms with van der Waals surface area (Å²) in [5, 5.41) is 12.4. The normalized spacial score (nSPS) is 20.5. The van der Waals surface area contributed by atoms with Gasteiger partial charge in [-0.25, -0.2) is 4.39 Å². The number of aliphatic hydroxyl groups excluding tert-OH is 1. The molecule has 1 saturated heterocycles. The van der Waals surface area contributed by atoms with E-state index >= 15 is 0 Å². The number of nitrogens with zero attached hydrogens (tertiary/aromatic N) is 1. The summed E-state index contributed by atoms with van der Waals surface area (Å²) in [4.78, 5) is 29.2. The molecule has 8 heteroatoms. The standard InChI is InChI=1S/C21H21FN2O4S/c22-15-5-3-14(4-6-15)18-17(19(25)16-2-1-13-29-16)20(26)21(27)24(18)8-7-23-9-11-28-12-10-23/h1-6,13,18,26H,7-12H2/p+1/t18-/m1/s1. The lowest BCUT2D eigenvalue weighted by Gasteiger charge is -2.30. The number of thiophene rings is 1. The van der Waals surface area contributed by atoms with Crippen LogP contribution in [0.15, 0.2) is 53.1 Å². The second kappa shape index (κ2) is 8.44. The zero-order valence-corrected chi connectivity index (χ0v) is 16.6. The molecule has 0 unspecified atom stereocenters. The first-order valence-electron chi connectivity index (χ1n) is 9.55. The van der Waals surface area contributed by atoms with Gasteiger partial charge in [-0.05, 0) is 29.1 Å². The molecule has 1 atom stereocenters. The largest absolute Gasteiger partial charge is 0.503 e. The van der Waals surface area contributed by atoms with Crippen molar-refractivity contribution in [3.8, 4) is 0 Å². The zero-order chi connectivity index (χ0) is 20.4. The van der Waals surface area contributed by atoms with Gasteiger partial charge in [-0.2, -0.15) is 0 Å². The van der Waals surface area contributed by atoms with Crippen molar-refractivity contribution >= 4 is 23.0 Å². The van der Waals surface area contributed by atoms with E-state index in [0.29, 0.717) is 36.7 Å². The van der Waals surface area contributed by atoms with Crippen LogP contribution in [0, 0.1) is 5.82 Å². The smallest absolute Gasteiger partial charge is 0.290 e. The summed E-state index contributed by atoms with van der Waals surface area (Å²) in [7, 11) is 0. The molecule has 2 aromatic rings. The van der Waals surface area contributed by atoms with Crippen LogP contribution in [0.4, 0.5) is 4.39 Å². The average molecular weight is 417 g/mol. The third kappa shape index (κ3) is 3.96. The first-order chi connectivity index (χ1) is 14.1. The Hall–Kier alpha value is -2.55. The quantitative estimate of drug-likeness (QED) is 0.697. The molecule has 2 aliphatic heterocycles. The van der Waals surface area contributed by atoms with Crippen molar-refractivity contribution in [3.05, 3.63) is 69.4 Å². The molecule has 2 aliphatic rings. The van der Waals surface area contributed by atoms with Crippen LogP contribution in [0.25, 0.3) is 0 Å². The number of carbonyl (C=O) groups excluding carboxylic acids is 2. The number of aliphatic hydroxyl groups is 1. The van der Waals surface area contributed by atoms with Gasteiger partial charge in [-0.1, -0.05) is 18.2 Å². The monoisotopic (exact) mass is 417 g/mol. The molecule has 6 nitrogen and oxygen atoms in total. The van der Waals surface area contributed by atoms with Crippen molar-refractivity contribution in [2.24, 2.45) is 0 Å². The van der Waals surface area contributed by atoms with E-state index in [1.54, 1.807) is 29.6 Å². The molecule has 0 bridgehead atoms. The molecular weight excluding hydrogens is 395 g/mol. The van der Waals surface area contributed by atoms with Gasteiger partial charge < -0.3 is 19.6 Å². The first-order valence-corrected chi connectivity index (χ1v) is 10.4. The van der Waals surface area contributed by atoms with Crippen LogP contribution < -0.4 is 4.90 Å². The van der Waals surface area contributed by atoms with E-state index in [1.807, 2.05) is 0 Å². The van der Waals surface area contributed by atoms with Crippen LogP contribution in [0.2, 0.25) is 0 Å². The van der Waals surface area contributed by atoms with Crippen LogP contribution in [0.5, 0.6) is 0 Å². The van der Waals surface area contributed by atoms with Crippen LogP contribution >= 0.6 is 11.3 Å². The second-order valence-corrected chi connectivity index (χ2v) is 8.08. The van der Waals surface area contributed by atoms with Gasteiger partial charge in [0.2, 0.25) is 5.78 Å². The highest BCUT2D eigenvalue weighted by molar-refractivity contribution is 7.12. The van der Waals surface area contributed by atoms with Crippen molar-refractivity contribution in [2.45, 2.75) is 6.04 Å². The third-order valence-corrected chi connectivity index (χ3v) is 6.25. The van der Waals surface area contributed by atoms with Crippen molar-refractivity contribution in [2.75, 3.05) is 39.4 Å². The van der Waals surface area contributed by atoms with Gasteiger partial charge in [0.25, 0.3) is 5.91 Å². The summed E-state index contributed by atoms with van der Waals surface area (Å²) in [5.74, 6) is -1.86. The lowest BCUT2D eigenvalue weighted by molar-refractivity contribution is -0.907. The van der Waals surface area contributed by atoms with E-state index in [-0.39, 0.29) is 11.4 Å². The Morgan fingerprint density at radius 1 is 1.24 bits per heavy atom. The van der Waals surface area contributed by atoms with Crippen molar-refractivity contribution in [1.82, 2.24) is 4.90 Å². The Bertz CT molecular complexity index is 921. The molecule has 0 saturated carbocycles. The van der Waals surface area contributed by atoms with E-state index in [2.05, 4.69) is 0 Å². The highest BCUT2D eigenvalue weighted by atomic mass is 32.1. The molecule has 2 N–H and O–H groups in total. The molecule has 1 aromatic heterocycles. The fourth-order valence-corrected chi connectivity index (χ4v) is 4.51. The van der Waals surface area contributed by atoms with Gasteiger partial charge in [-0.15, -0.1) is 11.3 Å². The van der Waals surface area contributed by atoms with Gasteiger partial charge in [0.15, 0.2) is 5.76 Å². The fourth-order valence-electron chi connectivity index (χ4n) is 3.84. The molecule has 0 aliphatic carbocycles. The lowest BCUT2D eigenvalue weighted by Crippen LogP contribution is -3.14. The van der Waals surface area contributed by atoms with Crippen molar-refractivity contribution in [3.63, 3.8) is 0 Å². The van der Waals surface area contributed by atoms with E-state index in [0.717, 1.165) is 13.1 Å². The minimum Gasteiger partial charge on any atom is -0.503 e. The minimum atomic E-state index is -0.738. The van der Waals surface area contributed by atoms with E-state index in [1.165, 1.54) is 33.3 Å². The summed E-state index contributed by atoms with van der Waals surface area (Å²) in [6, 6.07) is 8.39. The molecule has 0 spiro atoms. The molecule has 152 valence electrons. The lowest BCUT2D eigenvalue weighted by atomic mass is 9.95. The Morgan fingerprint density at radius 2 is 1.97 bits per heavy atom. The summed E-state index contributed by atoms with van der Waals surface area (Å²) in [6.45, 7) is 4.11. The summed E-state index contributed by atoms with van der Waals surface area (Å²) in [6.07, 6.45) is 0. The zero-order valence-electron chi connectivity index (χ0n) is 15.8. The van der Waals surface area contributed by atoms with Gasteiger partial charge >= 0.3 is 0 Å². The Morgan fingerprint density at radius 3 is 2.62 bits per heavy atom. The van der Waals surface area contributed by atoms with E-state index in [9.17, 15) is 19.1 Å². The van der Waals surface area contributed by atoms with Crippen molar-refractivity contribution < 1.29 is 28.7 Å². The highest BCUT2D eigenvalue weighted by Crippen LogP contribution is 2.39. The Balaban J connectivity index is 1.66. The molecule has 0 radical (unpaired) electrons. The van der Waals surface area contributed by atoms with Gasteiger partial charge in [-0.3, -0.25) is 9.59 Å². The van der Waals surface area contributed by atoms with Crippen LogP contribution in [-0.2, 0) is 9.53 Å². The number of hydrogen-bond acceptors (Lipinski definition) is 5. The number of ketones is 1. The summed E-state index contributed by atoms with van der Waals surface area (Å²) >= 11 is 1.26. The van der Waals surface area contributed by atoms with E-state index in [4.69, 9.17) is 4.74 Å². The number of quaternary nitrogens is 1.